The van der Waals surface area contributed by atoms with Gasteiger partial charge in [0.25, 0.3) is 0 Å². The molecule has 0 spiro atoms. The highest BCUT2D eigenvalue weighted by Crippen LogP contribution is 2.34. The van der Waals surface area contributed by atoms with Crippen LogP contribution in [0.2, 0.25) is 0 Å². The first-order valence-electron chi connectivity index (χ1n) is 18.8. The van der Waals surface area contributed by atoms with E-state index in [-0.39, 0.29) is 46.1 Å². The minimum atomic E-state index is -0.961. The largest absolute Gasteiger partial charge is 0.519 e. The van der Waals surface area contributed by atoms with E-state index in [4.69, 9.17) is 28.4 Å². The second-order valence-electron chi connectivity index (χ2n) is 13.9. The van der Waals surface area contributed by atoms with Crippen LogP contribution in [0.5, 0.6) is 34.5 Å². The number of ether oxygens (including phenoxy) is 6. The van der Waals surface area contributed by atoms with Crippen molar-refractivity contribution < 1.29 is 57.2 Å². The zero-order chi connectivity index (χ0) is 44.4. The van der Waals surface area contributed by atoms with Crippen LogP contribution in [-0.4, -0.2) is 35.8 Å². The minimum Gasteiger partial charge on any atom is -0.423 e. The van der Waals surface area contributed by atoms with E-state index in [2.05, 4.69) is 0 Å². The summed E-state index contributed by atoms with van der Waals surface area (Å²) in [5, 5.41) is 0. The van der Waals surface area contributed by atoms with Crippen molar-refractivity contribution in [3.05, 3.63) is 180 Å². The molecule has 12 heteroatoms. The standard InChI is InChI=1S/C43H32O10.2C3H6O/c1-43(2,31-19-23-33(24-20-31)50-41(46)52-37-17-9-15-35(27-37)48-39(44)29-11-5-3-6-12-29)32-21-25-34(26-22-32)51-42(47)53-38-18-10-16-36(28-38)49-40(45)30-13-7-4-8-14-30;2*1-3(2)4/h3-28H,1-2H3;2*1-2H3. The average molecular weight is 825 g/mol. The third kappa shape index (κ3) is 15.4. The molecule has 0 fully saturated rings. The van der Waals surface area contributed by atoms with Crippen LogP contribution in [0.4, 0.5) is 9.59 Å². The van der Waals surface area contributed by atoms with E-state index in [1.807, 2.05) is 38.1 Å². The number of carbonyl (C=O) groups excluding carboxylic acids is 6. The Hall–Kier alpha value is -7.86. The van der Waals surface area contributed by atoms with Crippen LogP contribution in [-0.2, 0) is 15.0 Å². The molecule has 0 bridgehead atoms. The Morgan fingerprint density at radius 3 is 0.934 bits per heavy atom. The van der Waals surface area contributed by atoms with Gasteiger partial charge in [0.1, 0.15) is 46.1 Å². The number of hydrogen-bond acceptors (Lipinski definition) is 12. The summed E-state index contributed by atoms with van der Waals surface area (Å²) in [7, 11) is 0. The van der Waals surface area contributed by atoms with Crippen molar-refractivity contribution in [2.45, 2.75) is 47.0 Å². The van der Waals surface area contributed by atoms with Crippen LogP contribution in [0.1, 0.15) is 73.4 Å². The van der Waals surface area contributed by atoms with Crippen molar-refractivity contribution in [2.24, 2.45) is 0 Å². The molecule has 0 aliphatic heterocycles. The molecule has 61 heavy (non-hydrogen) atoms. The Balaban J connectivity index is 0.000000941. The first kappa shape index (κ1) is 45.8. The molecule has 0 atom stereocenters. The fraction of sp³-hybridized carbons (Fsp3) is 0.143. The van der Waals surface area contributed by atoms with Gasteiger partial charge in [-0.2, -0.15) is 0 Å². The van der Waals surface area contributed by atoms with Crippen LogP contribution in [0.3, 0.4) is 0 Å². The predicted molar refractivity (Wildman–Crippen MR) is 227 cm³/mol. The van der Waals surface area contributed by atoms with Crippen LogP contribution in [0.15, 0.2) is 158 Å². The van der Waals surface area contributed by atoms with Crippen LogP contribution >= 0.6 is 0 Å². The minimum absolute atomic E-state index is 0.142. The third-order valence-corrected chi connectivity index (χ3v) is 8.01. The molecule has 6 aromatic carbocycles. The number of Topliss-reactive ketones (excluding diaryl/α,β-unsaturated/α-hetero) is 2. The van der Waals surface area contributed by atoms with Gasteiger partial charge in [-0.15, -0.1) is 0 Å². The fourth-order valence-electron chi connectivity index (χ4n) is 5.16. The zero-order valence-corrected chi connectivity index (χ0v) is 34.4. The number of hydrogen-bond donors (Lipinski definition) is 0. The van der Waals surface area contributed by atoms with Crippen molar-refractivity contribution in [2.75, 3.05) is 0 Å². The van der Waals surface area contributed by atoms with Crippen LogP contribution in [0, 0.1) is 0 Å². The van der Waals surface area contributed by atoms with E-state index >= 15 is 0 Å². The number of carbonyl (C=O) groups is 6. The highest BCUT2D eigenvalue weighted by atomic mass is 16.7. The lowest BCUT2D eigenvalue weighted by molar-refractivity contribution is -0.115. The fourth-order valence-corrected chi connectivity index (χ4v) is 5.16. The Morgan fingerprint density at radius 1 is 0.344 bits per heavy atom. The van der Waals surface area contributed by atoms with Gasteiger partial charge in [0.2, 0.25) is 0 Å². The summed E-state index contributed by atoms with van der Waals surface area (Å²) in [6, 6.07) is 43.3. The summed E-state index contributed by atoms with van der Waals surface area (Å²) in [5.74, 6) is 0.491. The molecule has 0 N–H and O–H groups in total. The summed E-state index contributed by atoms with van der Waals surface area (Å²) in [6.45, 7) is 10.2. The van der Waals surface area contributed by atoms with E-state index < -0.39 is 29.7 Å². The lowest BCUT2D eigenvalue weighted by Gasteiger charge is -2.26. The number of rotatable bonds is 10. The Kier molecular flexibility index (Phi) is 16.8. The van der Waals surface area contributed by atoms with Gasteiger partial charge in [-0.25, -0.2) is 19.2 Å². The third-order valence-electron chi connectivity index (χ3n) is 8.01. The van der Waals surface area contributed by atoms with Gasteiger partial charge in [-0.05, 0) is 112 Å². The van der Waals surface area contributed by atoms with Crippen molar-refractivity contribution in [1.82, 2.24) is 0 Å². The number of benzene rings is 6. The molecule has 6 rings (SSSR count). The molecule has 12 nitrogen and oxygen atoms in total. The lowest BCUT2D eigenvalue weighted by atomic mass is 9.78. The van der Waals surface area contributed by atoms with Crippen molar-refractivity contribution in [1.29, 1.82) is 0 Å². The first-order valence-corrected chi connectivity index (χ1v) is 18.8. The molecule has 0 saturated heterocycles. The Morgan fingerprint density at radius 2 is 0.623 bits per heavy atom. The normalized spacial score (nSPS) is 10.2. The second-order valence-corrected chi connectivity index (χ2v) is 13.9. The molecule has 0 unspecified atom stereocenters. The van der Waals surface area contributed by atoms with Crippen molar-refractivity contribution in [3.8, 4) is 34.5 Å². The topological polar surface area (TPSA) is 158 Å². The average Bonchev–Trinajstić information content (AvgIpc) is 3.21. The summed E-state index contributed by atoms with van der Waals surface area (Å²) in [6.07, 6.45) is -1.92. The SMILES string of the molecule is CC(C)(c1ccc(OC(=O)Oc2cccc(OC(=O)c3ccccc3)c2)cc1)c1ccc(OC(=O)Oc2cccc(OC(=O)c3ccccc3)c2)cc1.CC(C)=O.CC(C)=O. The molecule has 0 saturated carbocycles. The lowest BCUT2D eigenvalue weighted by Crippen LogP contribution is -2.19. The van der Waals surface area contributed by atoms with Crippen molar-refractivity contribution in [3.63, 3.8) is 0 Å². The molecular formula is C49H44O12. The van der Waals surface area contributed by atoms with E-state index in [0.29, 0.717) is 11.1 Å². The molecular weight excluding hydrogens is 781 g/mol. The van der Waals surface area contributed by atoms with Gasteiger partial charge >= 0.3 is 24.2 Å². The molecule has 0 aromatic heterocycles. The maximum absolute atomic E-state index is 12.5. The van der Waals surface area contributed by atoms with E-state index in [0.717, 1.165) is 11.1 Å². The van der Waals surface area contributed by atoms with Gasteiger partial charge in [0.15, 0.2) is 0 Å². The molecule has 0 heterocycles. The molecule has 0 amide bonds. The molecule has 0 aliphatic carbocycles. The van der Waals surface area contributed by atoms with Gasteiger partial charge in [0, 0.05) is 17.5 Å². The van der Waals surface area contributed by atoms with E-state index in [1.54, 1.807) is 121 Å². The van der Waals surface area contributed by atoms with E-state index in [9.17, 15) is 28.8 Å². The Labute approximate surface area is 353 Å². The molecule has 0 aliphatic rings. The summed E-state index contributed by atoms with van der Waals surface area (Å²) in [4.78, 5) is 68.7. The Bertz CT molecular complexity index is 2240. The predicted octanol–water partition coefficient (Wildman–Crippen LogP) is 10.8. The van der Waals surface area contributed by atoms with Gasteiger partial charge in [-0.1, -0.05) is 86.6 Å². The van der Waals surface area contributed by atoms with Gasteiger partial charge in [0.05, 0.1) is 11.1 Å². The van der Waals surface area contributed by atoms with Crippen molar-refractivity contribution >= 4 is 35.8 Å². The quantitative estimate of drug-likeness (QED) is 0.0732. The number of esters is 2. The van der Waals surface area contributed by atoms with Gasteiger partial charge < -0.3 is 38.0 Å². The number of ketones is 2. The maximum atomic E-state index is 12.5. The molecule has 0 radical (unpaired) electrons. The zero-order valence-electron chi connectivity index (χ0n) is 34.4. The highest BCUT2D eigenvalue weighted by molar-refractivity contribution is 5.91. The molecule has 6 aromatic rings. The van der Waals surface area contributed by atoms with Crippen LogP contribution < -0.4 is 28.4 Å². The molecule has 312 valence electrons. The van der Waals surface area contributed by atoms with Crippen LogP contribution in [0.25, 0.3) is 0 Å². The summed E-state index contributed by atoms with van der Waals surface area (Å²) < 4.78 is 32.1. The van der Waals surface area contributed by atoms with E-state index in [1.165, 1.54) is 39.8 Å². The van der Waals surface area contributed by atoms with Gasteiger partial charge in [-0.3, -0.25) is 0 Å². The summed E-state index contributed by atoms with van der Waals surface area (Å²) >= 11 is 0. The maximum Gasteiger partial charge on any atom is 0.519 e. The second kappa shape index (κ2) is 22.3. The summed E-state index contributed by atoms with van der Waals surface area (Å²) in [5.41, 5.74) is 2.14. The first-order chi connectivity index (χ1) is 29.1. The smallest absolute Gasteiger partial charge is 0.423 e. The highest BCUT2D eigenvalue weighted by Gasteiger charge is 2.24. The monoisotopic (exact) mass is 824 g/mol.